The van der Waals surface area contributed by atoms with Crippen molar-refractivity contribution < 1.29 is 0 Å². The highest BCUT2D eigenvalue weighted by Crippen LogP contribution is 2.17. The number of hydrogen-bond acceptors (Lipinski definition) is 4. The Labute approximate surface area is 83.6 Å². The number of aromatic nitrogens is 1. The van der Waals surface area contributed by atoms with Gasteiger partial charge in [-0.3, -0.25) is 0 Å². The smallest absolute Gasteiger partial charge is 0.109 e. The second-order valence-corrected chi connectivity index (χ2v) is 3.81. The third-order valence-corrected chi connectivity index (χ3v) is 2.81. The summed E-state index contributed by atoms with van der Waals surface area (Å²) in [6.45, 7) is 4.18. The zero-order valence-corrected chi connectivity index (χ0v) is 9.03. The number of nitrogens with one attached hydrogen (secondary N) is 2. The molecule has 0 saturated carbocycles. The summed E-state index contributed by atoms with van der Waals surface area (Å²) in [5.74, 6) is 0. The summed E-state index contributed by atoms with van der Waals surface area (Å²) in [5.41, 5.74) is 0. The molecule has 0 aliphatic heterocycles. The van der Waals surface area contributed by atoms with E-state index in [0.29, 0.717) is 6.04 Å². The van der Waals surface area contributed by atoms with Crippen molar-refractivity contribution in [2.45, 2.75) is 19.4 Å². The molecule has 1 atom stereocenters. The van der Waals surface area contributed by atoms with Crippen molar-refractivity contribution in [2.75, 3.05) is 20.1 Å². The Bertz CT molecular complexity index is 211. The van der Waals surface area contributed by atoms with E-state index in [1.807, 2.05) is 18.6 Å². The average Bonchev–Trinajstić information content (AvgIpc) is 2.65. The molecule has 3 nitrogen and oxygen atoms in total. The molecule has 4 heteroatoms. The van der Waals surface area contributed by atoms with Gasteiger partial charge >= 0.3 is 0 Å². The molecule has 1 heterocycles. The Morgan fingerprint density at radius 3 is 2.92 bits per heavy atom. The van der Waals surface area contributed by atoms with Crippen LogP contribution in [-0.2, 0) is 0 Å². The monoisotopic (exact) mass is 199 g/mol. The van der Waals surface area contributed by atoms with E-state index in [1.54, 1.807) is 11.3 Å². The number of rotatable bonds is 6. The van der Waals surface area contributed by atoms with Gasteiger partial charge in [0.15, 0.2) is 0 Å². The van der Waals surface area contributed by atoms with Gasteiger partial charge in [-0.25, -0.2) is 4.98 Å². The van der Waals surface area contributed by atoms with Gasteiger partial charge in [0.25, 0.3) is 0 Å². The second-order valence-electron chi connectivity index (χ2n) is 2.89. The Balaban J connectivity index is 2.35. The van der Waals surface area contributed by atoms with Crippen molar-refractivity contribution in [3.8, 4) is 0 Å². The van der Waals surface area contributed by atoms with Crippen LogP contribution in [0, 0.1) is 0 Å². The molecule has 13 heavy (non-hydrogen) atoms. The number of thiazole rings is 1. The fraction of sp³-hybridized carbons (Fsp3) is 0.667. The van der Waals surface area contributed by atoms with E-state index in [0.717, 1.165) is 19.5 Å². The second kappa shape index (κ2) is 6.07. The van der Waals surface area contributed by atoms with Crippen LogP contribution in [-0.4, -0.2) is 25.1 Å². The van der Waals surface area contributed by atoms with Crippen molar-refractivity contribution >= 4 is 11.3 Å². The van der Waals surface area contributed by atoms with Crippen molar-refractivity contribution in [1.29, 1.82) is 0 Å². The summed E-state index contributed by atoms with van der Waals surface area (Å²) >= 11 is 1.72. The first-order valence-electron chi connectivity index (χ1n) is 4.65. The van der Waals surface area contributed by atoms with Gasteiger partial charge in [-0.15, -0.1) is 11.3 Å². The lowest BCUT2D eigenvalue weighted by Crippen LogP contribution is -2.28. The van der Waals surface area contributed by atoms with Gasteiger partial charge in [0, 0.05) is 24.7 Å². The number of nitrogens with zero attached hydrogens (tertiary/aromatic N) is 1. The Morgan fingerprint density at radius 1 is 1.54 bits per heavy atom. The highest BCUT2D eigenvalue weighted by Gasteiger charge is 2.09. The van der Waals surface area contributed by atoms with Crippen LogP contribution >= 0.6 is 11.3 Å². The van der Waals surface area contributed by atoms with Crippen LogP contribution in [0.2, 0.25) is 0 Å². The van der Waals surface area contributed by atoms with E-state index in [9.17, 15) is 0 Å². The maximum atomic E-state index is 4.30. The minimum absolute atomic E-state index is 0.424. The topological polar surface area (TPSA) is 37.0 Å². The first kappa shape index (κ1) is 10.6. The molecule has 0 amide bonds. The van der Waals surface area contributed by atoms with E-state index in [1.165, 1.54) is 5.01 Å². The molecule has 1 unspecified atom stereocenters. The van der Waals surface area contributed by atoms with E-state index < -0.39 is 0 Å². The standard InChI is InChI=1S/C9H17N3S/c1-3-8(11-5-4-10-2)9-12-6-7-13-9/h6-8,10-11H,3-5H2,1-2H3. The minimum atomic E-state index is 0.424. The number of hydrogen-bond donors (Lipinski definition) is 2. The zero-order valence-electron chi connectivity index (χ0n) is 8.21. The lowest BCUT2D eigenvalue weighted by Gasteiger charge is -2.13. The highest BCUT2D eigenvalue weighted by atomic mass is 32.1. The number of likely N-dealkylation sites (N-methyl/N-ethyl adjacent to an activating group) is 1. The summed E-state index contributed by atoms with van der Waals surface area (Å²) in [4.78, 5) is 4.30. The SMILES string of the molecule is CCC(NCCNC)c1nccs1. The van der Waals surface area contributed by atoms with Crippen LogP contribution < -0.4 is 10.6 Å². The third-order valence-electron chi connectivity index (χ3n) is 1.92. The lowest BCUT2D eigenvalue weighted by molar-refractivity contribution is 0.512. The fourth-order valence-electron chi connectivity index (χ4n) is 1.18. The highest BCUT2D eigenvalue weighted by molar-refractivity contribution is 7.09. The third kappa shape index (κ3) is 3.42. The molecule has 0 aliphatic rings. The molecule has 1 rings (SSSR count). The van der Waals surface area contributed by atoms with Gasteiger partial charge in [0.2, 0.25) is 0 Å². The van der Waals surface area contributed by atoms with Crippen molar-refractivity contribution in [3.63, 3.8) is 0 Å². The molecule has 0 radical (unpaired) electrons. The largest absolute Gasteiger partial charge is 0.318 e. The van der Waals surface area contributed by atoms with E-state index in [2.05, 4.69) is 22.5 Å². The maximum Gasteiger partial charge on any atom is 0.109 e. The minimum Gasteiger partial charge on any atom is -0.318 e. The van der Waals surface area contributed by atoms with Gasteiger partial charge in [0.1, 0.15) is 5.01 Å². The predicted octanol–water partition coefficient (Wildman–Crippen LogP) is 1.40. The lowest BCUT2D eigenvalue weighted by atomic mass is 10.2. The first-order chi connectivity index (χ1) is 6.38. The van der Waals surface area contributed by atoms with Crippen molar-refractivity contribution in [1.82, 2.24) is 15.6 Å². The van der Waals surface area contributed by atoms with Gasteiger partial charge < -0.3 is 10.6 Å². The average molecular weight is 199 g/mol. The molecular formula is C9H17N3S. The Morgan fingerprint density at radius 2 is 2.38 bits per heavy atom. The molecular weight excluding hydrogens is 182 g/mol. The van der Waals surface area contributed by atoms with Gasteiger partial charge in [0.05, 0.1) is 6.04 Å². The maximum absolute atomic E-state index is 4.30. The fourth-order valence-corrected chi connectivity index (χ4v) is 1.98. The van der Waals surface area contributed by atoms with Crippen LogP contribution in [0.5, 0.6) is 0 Å². The summed E-state index contributed by atoms with van der Waals surface area (Å²) in [7, 11) is 1.96. The van der Waals surface area contributed by atoms with Crippen LogP contribution in [0.25, 0.3) is 0 Å². The normalized spacial score (nSPS) is 13.1. The molecule has 0 aromatic carbocycles. The molecule has 0 aliphatic carbocycles. The Hall–Kier alpha value is -0.450. The summed E-state index contributed by atoms with van der Waals surface area (Å²) < 4.78 is 0. The Kier molecular flexibility index (Phi) is 4.97. The first-order valence-corrected chi connectivity index (χ1v) is 5.53. The molecule has 0 saturated heterocycles. The molecule has 0 fully saturated rings. The van der Waals surface area contributed by atoms with Crippen LogP contribution in [0.3, 0.4) is 0 Å². The predicted molar refractivity (Wildman–Crippen MR) is 57.1 cm³/mol. The quantitative estimate of drug-likeness (QED) is 0.680. The van der Waals surface area contributed by atoms with E-state index in [4.69, 9.17) is 0 Å². The molecule has 2 N–H and O–H groups in total. The van der Waals surface area contributed by atoms with Crippen LogP contribution in [0.1, 0.15) is 24.4 Å². The van der Waals surface area contributed by atoms with Gasteiger partial charge in [-0.2, -0.15) is 0 Å². The van der Waals surface area contributed by atoms with Crippen LogP contribution in [0.15, 0.2) is 11.6 Å². The summed E-state index contributed by atoms with van der Waals surface area (Å²) in [6, 6.07) is 0.424. The molecule has 0 spiro atoms. The molecule has 1 aromatic rings. The van der Waals surface area contributed by atoms with Gasteiger partial charge in [-0.1, -0.05) is 6.92 Å². The van der Waals surface area contributed by atoms with E-state index >= 15 is 0 Å². The molecule has 1 aromatic heterocycles. The van der Waals surface area contributed by atoms with Crippen LogP contribution in [0.4, 0.5) is 0 Å². The molecule has 74 valence electrons. The van der Waals surface area contributed by atoms with E-state index in [-0.39, 0.29) is 0 Å². The van der Waals surface area contributed by atoms with Gasteiger partial charge in [-0.05, 0) is 13.5 Å². The summed E-state index contributed by atoms with van der Waals surface area (Å²) in [5, 5.41) is 9.79. The summed E-state index contributed by atoms with van der Waals surface area (Å²) in [6.07, 6.45) is 2.96. The van der Waals surface area contributed by atoms with Crippen molar-refractivity contribution in [3.05, 3.63) is 16.6 Å². The molecule has 0 bridgehead atoms. The zero-order chi connectivity index (χ0) is 9.52. The van der Waals surface area contributed by atoms with Crippen molar-refractivity contribution in [2.24, 2.45) is 0 Å².